The van der Waals surface area contributed by atoms with Crippen molar-refractivity contribution in [3.63, 3.8) is 0 Å². The second kappa shape index (κ2) is 17.3. The fraction of sp³-hybridized carbons (Fsp3) is 0.643. The van der Waals surface area contributed by atoms with Crippen LogP contribution in [0.25, 0.3) is 0 Å². The second-order valence-electron chi connectivity index (χ2n) is 9.86. The number of carboxylic acid groups (broad SMARTS) is 1. The lowest BCUT2D eigenvalue weighted by molar-refractivity contribution is -0.145. The Morgan fingerprint density at radius 3 is 1.85 bits per heavy atom. The van der Waals surface area contributed by atoms with E-state index in [0.717, 1.165) is 12.8 Å². The van der Waals surface area contributed by atoms with E-state index >= 15 is 0 Å². The van der Waals surface area contributed by atoms with Gasteiger partial charge in [0.1, 0.15) is 6.04 Å². The maximum absolute atomic E-state index is 12.4. The molecule has 39 heavy (non-hydrogen) atoms. The largest absolute Gasteiger partial charge is 0.513 e. The minimum absolute atomic E-state index is 0.0716. The highest BCUT2D eigenvalue weighted by molar-refractivity contribution is 5.75. The Balaban J connectivity index is 3.31. The van der Waals surface area contributed by atoms with E-state index in [2.05, 4.69) is 0 Å². The van der Waals surface area contributed by atoms with Gasteiger partial charge in [0, 0.05) is 12.3 Å². The van der Waals surface area contributed by atoms with Crippen LogP contribution in [0.3, 0.4) is 0 Å². The van der Waals surface area contributed by atoms with Crippen LogP contribution in [0.2, 0.25) is 0 Å². The smallest absolute Gasteiger partial charge is 0.480 e. The van der Waals surface area contributed by atoms with Gasteiger partial charge in [0.2, 0.25) is 0 Å². The van der Waals surface area contributed by atoms with Gasteiger partial charge in [-0.2, -0.15) is 0 Å². The molecular formula is C28H43NO10. The van der Waals surface area contributed by atoms with Gasteiger partial charge < -0.3 is 34.5 Å². The zero-order chi connectivity index (χ0) is 29.5. The molecule has 1 aromatic rings. The Hall–Kier alpha value is -3.34. The normalized spacial score (nSPS) is 14.7. The summed E-state index contributed by atoms with van der Waals surface area (Å²) < 4.78 is 26.2. The summed E-state index contributed by atoms with van der Waals surface area (Å²) in [6.45, 7) is 11.5. The molecule has 11 nitrogen and oxygen atoms in total. The Kier molecular flexibility index (Phi) is 14.9. The average molecular weight is 554 g/mol. The molecule has 0 aliphatic heterocycles. The molecule has 5 atom stereocenters. The summed E-state index contributed by atoms with van der Waals surface area (Å²) in [5.74, 6) is -3.12. The topological polar surface area (TPSA) is 161 Å². The number of hydrogen-bond donors (Lipinski definition) is 2. The van der Waals surface area contributed by atoms with E-state index in [1.807, 2.05) is 34.6 Å². The van der Waals surface area contributed by atoms with Crippen LogP contribution in [0.5, 0.6) is 11.5 Å². The Morgan fingerprint density at radius 1 is 0.821 bits per heavy atom. The number of carbonyl (C=O) groups is 4. The zero-order valence-corrected chi connectivity index (χ0v) is 23.8. The van der Waals surface area contributed by atoms with Crippen LogP contribution in [0.15, 0.2) is 18.2 Å². The Labute approximate surface area is 230 Å². The van der Waals surface area contributed by atoms with Crippen LogP contribution in [-0.2, 0) is 23.8 Å². The van der Waals surface area contributed by atoms with E-state index in [1.54, 1.807) is 6.92 Å². The summed E-state index contributed by atoms with van der Waals surface area (Å²) in [5, 5.41) is 9.66. The molecule has 0 bridgehead atoms. The number of nitrogens with two attached hydrogens (primary N) is 1. The summed E-state index contributed by atoms with van der Waals surface area (Å²) in [6, 6.07) is 2.85. The molecule has 1 aromatic carbocycles. The molecule has 0 radical (unpaired) electrons. The first-order valence-corrected chi connectivity index (χ1v) is 13.4. The van der Waals surface area contributed by atoms with E-state index in [9.17, 15) is 24.3 Å². The summed E-state index contributed by atoms with van der Waals surface area (Å²) in [7, 11) is 0. The Bertz CT molecular complexity index is 950. The van der Waals surface area contributed by atoms with Gasteiger partial charge in [-0.25, -0.2) is 9.59 Å². The lowest BCUT2D eigenvalue weighted by Gasteiger charge is -2.28. The Morgan fingerprint density at radius 2 is 1.36 bits per heavy atom. The van der Waals surface area contributed by atoms with Gasteiger partial charge in [-0.1, -0.05) is 60.5 Å². The fourth-order valence-corrected chi connectivity index (χ4v) is 3.44. The molecule has 0 fully saturated rings. The average Bonchev–Trinajstić information content (AvgIpc) is 2.90. The third-order valence-electron chi connectivity index (χ3n) is 6.35. The number of benzene rings is 1. The highest BCUT2D eigenvalue weighted by Gasteiger charge is 2.33. The van der Waals surface area contributed by atoms with Crippen LogP contribution in [0, 0.1) is 17.8 Å². The molecule has 0 amide bonds. The van der Waals surface area contributed by atoms with Gasteiger partial charge >= 0.3 is 24.2 Å². The first kappa shape index (κ1) is 33.7. The lowest BCUT2D eigenvalue weighted by Crippen LogP contribution is -2.40. The van der Waals surface area contributed by atoms with Gasteiger partial charge in [0.25, 0.3) is 0 Å². The van der Waals surface area contributed by atoms with E-state index in [0.29, 0.717) is 12.0 Å². The van der Waals surface area contributed by atoms with Gasteiger partial charge in [0.15, 0.2) is 11.5 Å². The van der Waals surface area contributed by atoms with Crippen molar-refractivity contribution in [2.24, 2.45) is 23.5 Å². The monoisotopic (exact) mass is 553 g/mol. The van der Waals surface area contributed by atoms with Crippen LogP contribution in [0.4, 0.5) is 9.59 Å². The van der Waals surface area contributed by atoms with E-state index in [4.69, 9.17) is 29.4 Å². The van der Waals surface area contributed by atoms with Crippen molar-refractivity contribution in [3.8, 4) is 11.5 Å². The summed E-state index contributed by atoms with van der Waals surface area (Å²) >= 11 is 0. The van der Waals surface area contributed by atoms with Gasteiger partial charge in [0.05, 0.1) is 19.8 Å². The van der Waals surface area contributed by atoms with Crippen LogP contribution < -0.4 is 15.2 Å². The molecule has 1 rings (SSSR count). The first-order valence-electron chi connectivity index (χ1n) is 13.4. The van der Waals surface area contributed by atoms with Crippen molar-refractivity contribution in [1.82, 2.24) is 0 Å². The number of hydrogen-bond acceptors (Lipinski definition) is 10. The summed E-state index contributed by atoms with van der Waals surface area (Å²) in [6.07, 6.45) is 0.421. The molecule has 0 aliphatic carbocycles. The molecule has 0 aliphatic rings. The molecule has 220 valence electrons. The number of ether oxygens (including phenoxy) is 5. The zero-order valence-electron chi connectivity index (χ0n) is 23.8. The molecular weight excluding hydrogens is 510 g/mol. The van der Waals surface area contributed by atoms with Crippen molar-refractivity contribution in [2.45, 2.75) is 79.2 Å². The number of esters is 1. The number of aliphatic carboxylic acids is 1. The fourth-order valence-electron chi connectivity index (χ4n) is 3.44. The molecule has 11 heteroatoms. The van der Waals surface area contributed by atoms with Gasteiger partial charge in [-0.3, -0.25) is 9.59 Å². The maximum Gasteiger partial charge on any atom is 0.513 e. The predicted molar refractivity (Wildman–Crippen MR) is 143 cm³/mol. The van der Waals surface area contributed by atoms with Crippen LogP contribution >= 0.6 is 0 Å². The second-order valence-corrected chi connectivity index (χ2v) is 9.86. The molecule has 4 unspecified atom stereocenters. The van der Waals surface area contributed by atoms with Crippen molar-refractivity contribution >= 4 is 24.2 Å². The molecule has 0 saturated heterocycles. The maximum atomic E-state index is 12.4. The molecule has 0 spiro atoms. The quantitative estimate of drug-likeness (QED) is 0.155. The summed E-state index contributed by atoms with van der Waals surface area (Å²) in [4.78, 5) is 48.4. The van der Waals surface area contributed by atoms with Crippen molar-refractivity contribution < 1.29 is 48.0 Å². The molecule has 3 N–H and O–H groups in total. The summed E-state index contributed by atoms with van der Waals surface area (Å²) in [5.41, 5.74) is 6.40. The van der Waals surface area contributed by atoms with Crippen LogP contribution in [0.1, 0.15) is 78.7 Å². The number of carboxylic acids is 1. The van der Waals surface area contributed by atoms with Gasteiger partial charge in [-0.15, -0.1) is 0 Å². The third kappa shape index (κ3) is 11.9. The minimum Gasteiger partial charge on any atom is -0.480 e. The number of carbonyl (C=O) groups excluding carboxylic acids is 3. The lowest BCUT2D eigenvalue weighted by atomic mass is 9.82. The SMILES string of the molecule is CCCC(=O)OCC(C)C(c1ccc(OC(=O)OCC(C)CC)c(OC(=O)OCC(C)CC)c1)[C@H](N)C(=O)O. The third-order valence-corrected chi connectivity index (χ3v) is 6.35. The molecule has 0 heterocycles. The standard InChI is InChI=1S/C28H43NO10/c1-7-10-23(30)35-16-19(6)24(25(29)26(31)32)20-11-12-21(38-27(33)36-14-17(4)8-2)22(13-20)39-28(34)37-15-18(5)9-3/h11-13,17-19,24-25H,7-10,14-16,29H2,1-6H3,(H,31,32)/t17?,18?,19?,24?,25-/m0/s1. The van der Waals surface area contributed by atoms with Crippen molar-refractivity contribution in [1.29, 1.82) is 0 Å². The molecule has 0 aromatic heterocycles. The van der Waals surface area contributed by atoms with E-state index in [1.165, 1.54) is 18.2 Å². The van der Waals surface area contributed by atoms with Crippen molar-refractivity contribution in [2.75, 3.05) is 19.8 Å². The highest BCUT2D eigenvalue weighted by Crippen LogP contribution is 2.36. The number of rotatable bonds is 16. The van der Waals surface area contributed by atoms with Gasteiger partial charge in [-0.05, 0) is 41.9 Å². The van der Waals surface area contributed by atoms with Crippen molar-refractivity contribution in [3.05, 3.63) is 23.8 Å². The first-order chi connectivity index (χ1) is 18.4. The highest BCUT2D eigenvalue weighted by atomic mass is 16.7. The molecule has 0 saturated carbocycles. The minimum atomic E-state index is -1.37. The van der Waals surface area contributed by atoms with E-state index in [-0.39, 0.29) is 49.6 Å². The van der Waals surface area contributed by atoms with E-state index < -0.39 is 42.1 Å². The van der Waals surface area contributed by atoms with Crippen LogP contribution in [-0.4, -0.2) is 55.2 Å². The predicted octanol–water partition coefficient (Wildman–Crippen LogP) is 5.28.